The second kappa shape index (κ2) is 7.22. The monoisotopic (exact) mass is 355 g/mol. The average molecular weight is 355 g/mol. The Hall–Kier alpha value is -3.07. The molecule has 0 unspecified atom stereocenters. The number of benzene rings is 1. The lowest BCUT2D eigenvalue weighted by atomic mass is 10.1. The van der Waals surface area contributed by atoms with E-state index in [0.29, 0.717) is 17.7 Å². The Morgan fingerprint density at radius 1 is 1.16 bits per heavy atom. The lowest BCUT2D eigenvalue weighted by Crippen LogP contribution is -2.18. The molecule has 0 bridgehead atoms. The van der Waals surface area contributed by atoms with Crippen LogP contribution in [0.3, 0.4) is 0 Å². The number of aromatic amines is 1. The van der Waals surface area contributed by atoms with Crippen molar-refractivity contribution in [3.05, 3.63) is 57.3 Å². The molecule has 1 N–H and O–H groups in total. The van der Waals surface area contributed by atoms with E-state index in [4.69, 9.17) is 0 Å². The van der Waals surface area contributed by atoms with Crippen molar-refractivity contribution in [2.24, 2.45) is 0 Å². The number of ketones is 3. The number of Topliss-reactive ketones (excluding diaryl/α,β-unsaturated/α-hetero) is 3. The van der Waals surface area contributed by atoms with Crippen LogP contribution in [-0.4, -0.2) is 43.0 Å². The van der Waals surface area contributed by atoms with Crippen molar-refractivity contribution in [2.45, 2.75) is 19.8 Å². The van der Waals surface area contributed by atoms with Crippen LogP contribution in [0, 0.1) is 0 Å². The summed E-state index contributed by atoms with van der Waals surface area (Å²) in [5, 5.41) is 15.0. The van der Waals surface area contributed by atoms with Crippen LogP contribution in [0.2, 0.25) is 0 Å². The lowest BCUT2D eigenvalue weighted by Gasteiger charge is -2.00. The number of aromatic nitrogens is 5. The van der Waals surface area contributed by atoms with Gasteiger partial charge in [-0.1, -0.05) is 24.3 Å². The average Bonchev–Trinajstić information content (AvgIpc) is 3.27. The summed E-state index contributed by atoms with van der Waals surface area (Å²) in [4.78, 5) is 39.4. The summed E-state index contributed by atoms with van der Waals surface area (Å²) in [6.07, 6.45) is 0.489. The normalized spacial score (nSPS) is 10.6. The Bertz CT molecular complexity index is 916. The van der Waals surface area contributed by atoms with Crippen LogP contribution in [-0.2, 0) is 17.6 Å². The van der Waals surface area contributed by atoms with Crippen molar-refractivity contribution in [1.29, 1.82) is 0 Å². The summed E-state index contributed by atoms with van der Waals surface area (Å²) in [6, 6.07) is 7.31. The Morgan fingerprint density at radius 3 is 2.56 bits per heavy atom. The zero-order valence-electron chi connectivity index (χ0n) is 13.2. The molecule has 0 radical (unpaired) electrons. The van der Waals surface area contributed by atoms with E-state index in [-0.39, 0.29) is 18.0 Å². The summed E-state index contributed by atoms with van der Waals surface area (Å²) in [5.74, 6) is -1.65. The molecule has 0 fully saturated rings. The highest BCUT2D eigenvalue weighted by Crippen LogP contribution is 2.16. The molecule has 3 rings (SSSR count). The van der Waals surface area contributed by atoms with Gasteiger partial charge in [-0.3, -0.25) is 14.4 Å². The quantitative estimate of drug-likeness (QED) is 0.503. The summed E-state index contributed by atoms with van der Waals surface area (Å²) in [7, 11) is 0. The largest absolute Gasteiger partial charge is 0.295 e. The molecule has 0 amide bonds. The number of carbonyl (C=O) groups is 3. The topological polar surface area (TPSA) is 119 Å². The minimum Gasteiger partial charge on any atom is -0.295 e. The molecule has 0 atom stereocenters. The second-order valence-electron chi connectivity index (χ2n) is 5.33. The van der Waals surface area contributed by atoms with Gasteiger partial charge in [0.15, 0.2) is 5.78 Å². The van der Waals surface area contributed by atoms with Crippen LogP contribution in [0.1, 0.15) is 44.2 Å². The summed E-state index contributed by atoms with van der Waals surface area (Å²) in [6.45, 7) is 1.52. The van der Waals surface area contributed by atoms with Crippen molar-refractivity contribution in [3.8, 4) is 0 Å². The first-order valence-corrected chi connectivity index (χ1v) is 8.25. The molecule has 8 nitrogen and oxygen atoms in total. The van der Waals surface area contributed by atoms with Gasteiger partial charge in [-0.2, -0.15) is 5.21 Å². The third-order valence-corrected chi connectivity index (χ3v) is 4.36. The van der Waals surface area contributed by atoms with Crippen LogP contribution < -0.4 is 0 Å². The number of nitrogens with one attached hydrogen (secondary N) is 1. The Balaban J connectivity index is 1.63. The lowest BCUT2D eigenvalue weighted by molar-refractivity contribution is -0.114. The Morgan fingerprint density at radius 2 is 1.92 bits per heavy atom. The fourth-order valence-electron chi connectivity index (χ4n) is 2.17. The molecule has 25 heavy (non-hydrogen) atoms. The Kier molecular flexibility index (Phi) is 4.85. The van der Waals surface area contributed by atoms with E-state index in [2.05, 4.69) is 25.6 Å². The molecule has 0 saturated heterocycles. The standard InChI is InChI=1S/C16H13N5O3S/c1-9(22)11-4-2-10(3-5-11)6-14-17-12(8-25-14)7-13(23)15(24)16-18-20-21-19-16/h2-5,8H,6-7H2,1H3,(H,18,19,20,21). The zero-order chi connectivity index (χ0) is 17.8. The van der Waals surface area contributed by atoms with E-state index >= 15 is 0 Å². The maximum Gasteiger partial charge on any atom is 0.269 e. The van der Waals surface area contributed by atoms with Gasteiger partial charge in [0.2, 0.25) is 11.6 Å². The number of hydrogen-bond acceptors (Lipinski definition) is 8. The first kappa shape index (κ1) is 16.8. The molecule has 3 aromatic rings. The molecule has 9 heteroatoms. The molecule has 2 aromatic heterocycles. The van der Waals surface area contributed by atoms with Crippen molar-refractivity contribution >= 4 is 28.7 Å². The first-order chi connectivity index (χ1) is 12.0. The predicted octanol–water partition coefficient (Wildman–Crippen LogP) is 1.44. The highest BCUT2D eigenvalue weighted by Gasteiger charge is 2.21. The van der Waals surface area contributed by atoms with Gasteiger partial charge < -0.3 is 0 Å². The van der Waals surface area contributed by atoms with Gasteiger partial charge in [0.1, 0.15) is 0 Å². The molecule has 126 valence electrons. The third-order valence-electron chi connectivity index (χ3n) is 3.46. The second-order valence-corrected chi connectivity index (χ2v) is 6.27. The molecule has 0 aliphatic rings. The number of rotatable bonds is 7. The van der Waals surface area contributed by atoms with E-state index in [1.807, 2.05) is 12.1 Å². The molecule has 0 saturated carbocycles. The SMILES string of the molecule is CC(=O)c1ccc(Cc2nc(CC(=O)C(=O)c3nn[nH]n3)cs2)cc1. The number of carbonyl (C=O) groups excluding carboxylic acids is 3. The summed E-state index contributed by atoms with van der Waals surface area (Å²) in [5.41, 5.74) is 2.21. The number of nitrogens with zero attached hydrogens (tertiary/aromatic N) is 4. The zero-order valence-corrected chi connectivity index (χ0v) is 14.0. The number of thiazole rings is 1. The van der Waals surface area contributed by atoms with Gasteiger partial charge >= 0.3 is 0 Å². The van der Waals surface area contributed by atoms with Crippen LogP contribution in [0.15, 0.2) is 29.6 Å². The van der Waals surface area contributed by atoms with Crippen molar-refractivity contribution in [2.75, 3.05) is 0 Å². The molecule has 0 aliphatic carbocycles. The fourth-order valence-corrected chi connectivity index (χ4v) is 3.00. The maximum absolute atomic E-state index is 11.9. The molecule has 2 heterocycles. The van der Waals surface area contributed by atoms with Gasteiger partial charge in [-0.05, 0) is 17.7 Å². The predicted molar refractivity (Wildman–Crippen MR) is 88.6 cm³/mol. The maximum atomic E-state index is 11.9. The van der Waals surface area contributed by atoms with Gasteiger partial charge in [-0.15, -0.1) is 21.5 Å². The van der Waals surface area contributed by atoms with Crippen molar-refractivity contribution < 1.29 is 14.4 Å². The van der Waals surface area contributed by atoms with E-state index in [1.165, 1.54) is 18.3 Å². The van der Waals surface area contributed by atoms with Crippen LogP contribution in [0.4, 0.5) is 0 Å². The highest BCUT2D eigenvalue weighted by atomic mass is 32.1. The van der Waals surface area contributed by atoms with E-state index in [9.17, 15) is 14.4 Å². The van der Waals surface area contributed by atoms with Gasteiger partial charge in [0.25, 0.3) is 5.78 Å². The first-order valence-electron chi connectivity index (χ1n) is 7.37. The molecule has 1 aromatic carbocycles. The minimum absolute atomic E-state index is 0.0212. The molecular weight excluding hydrogens is 342 g/mol. The number of hydrogen-bond donors (Lipinski definition) is 1. The summed E-state index contributed by atoms with van der Waals surface area (Å²) >= 11 is 1.41. The Labute approximate surface area is 146 Å². The number of H-pyrrole nitrogens is 1. The molecule has 0 aliphatic heterocycles. The van der Waals surface area contributed by atoms with Crippen molar-refractivity contribution in [3.63, 3.8) is 0 Å². The third kappa shape index (κ3) is 4.07. The van der Waals surface area contributed by atoms with Crippen LogP contribution in [0.5, 0.6) is 0 Å². The smallest absolute Gasteiger partial charge is 0.269 e. The molecular formula is C16H13N5O3S. The van der Waals surface area contributed by atoms with Crippen molar-refractivity contribution in [1.82, 2.24) is 25.6 Å². The highest BCUT2D eigenvalue weighted by molar-refractivity contribution is 7.09. The van der Waals surface area contributed by atoms with Gasteiger partial charge in [0, 0.05) is 17.4 Å². The molecule has 0 spiro atoms. The van der Waals surface area contributed by atoms with E-state index in [1.54, 1.807) is 17.5 Å². The van der Waals surface area contributed by atoms with E-state index in [0.717, 1.165) is 10.6 Å². The van der Waals surface area contributed by atoms with Gasteiger partial charge in [0.05, 0.1) is 17.1 Å². The van der Waals surface area contributed by atoms with Crippen LogP contribution in [0.25, 0.3) is 0 Å². The van der Waals surface area contributed by atoms with E-state index < -0.39 is 11.6 Å². The fraction of sp³-hybridized carbons (Fsp3) is 0.188. The van der Waals surface area contributed by atoms with Crippen LogP contribution >= 0.6 is 11.3 Å². The van der Waals surface area contributed by atoms with Gasteiger partial charge in [-0.25, -0.2) is 4.98 Å². The summed E-state index contributed by atoms with van der Waals surface area (Å²) < 4.78 is 0. The number of tetrazole rings is 1. The minimum atomic E-state index is -0.789.